The first kappa shape index (κ1) is 25.5. The Kier molecular flexibility index (Phi) is 7.53. The first-order valence-electron chi connectivity index (χ1n) is 12.2. The molecule has 3 saturated heterocycles. The summed E-state index contributed by atoms with van der Waals surface area (Å²) in [5.41, 5.74) is 0.817. The molecule has 12 nitrogen and oxygen atoms in total. The van der Waals surface area contributed by atoms with E-state index < -0.39 is 41.6 Å². The van der Waals surface area contributed by atoms with Gasteiger partial charge in [-0.2, -0.15) is 0 Å². The molecule has 3 fully saturated rings. The second-order valence-electron chi connectivity index (χ2n) is 9.62. The maximum atomic E-state index is 13.8. The number of piperidine rings is 1. The topological polar surface area (TPSA) is 143 Å². The predicted molar refractivity (Wildman–Crippen MR) is 127 cm³/mol. The number of hydroxylamine groups is 1. The van der Waals surface area contributed by atoms with Crippen molar-refractivity contribution in [3.8, 4) is 0 Å². The lowest BCUT2D eigenvalue weighted by molar-refractivity contribution is -0.162. The number of para-hydroxylation sites is 1. The Bertz CT molecular complexity index is 978. The highest BCUT2D eigenvalue weighted by Gasteiger charge is 2.58. The summed E-state index contributed by atoms with van der Waals surface area (Å²) >= 11 is 0. The molecule has 0 bridgehead atoms. The molecular weight excluding hydrogens is 470 g/mol. The minimum atomic E-state index is -1.79. The molecule has 1 aromatic carbocycles. The molecule has 0 spiro atoms. The molecule has 3 atom stereocenters. The van der Waals surface area contributed by atoms with Crippen LogP contribution in [0.2, 0.25) is 0 Å². The fourth-order valence-corrected chi connectivity index (χ4v) is 5.46. The molecule has 4 rings (SSSR count). The highest BCUT2D eigenvalue weighted by molar-refractivity contribution is 5.96. The average molecular weight is 504 g/mol. The van der Waals surface area contributed by atoms with E-state index in [9.17, 15) is 29.5 Å². The van der Waals surface area contributed by atoms with E-state index in [-0.39, 0.29) is 13.0 Å². The molecule has 4 amide bonds. The van der Waals surface area contributed by atoms with Crippen molar-refractivity contribution in [2.45, 2.75) is 37.8 Å². The van der Waals surface area contributed by atoms with Crippen molar-refractivity contribution in [3.05, 3.63) is 30.3 Å². The zero-order chi connectivity index (χ0) is 25.9. The lowest BCUT2D eigenvalue weighted by Crippen LogP contribution is -2.71. The van der Waals surface area contributed by atoms with Gasteiger partial charge in [0.25, 0.3) is 0 Å². The number of rotatable bonds is 4. The number of hydrogen-bond donors (Lipinski definition) is 3. The van der Waals surface area contributed by atoms with Crippen LogP contribution in [0, 0.1) is 5.92 Å². The smallest absolute Gasteiger partial charge is 0.410 e. The number of carbonyl (C=O) groups is 4. The molecule has 12 heteroatoms. The molecule has 3 N–H and O–H groups in total. The summed E-state index contributed by atoms with van der Waals surface area (Å²) in [6, 6.07) is 9.77. The minimum Gasteiger partial charge on any atom is -0.465 e. The normalized spacial score (nSPS) is 26.5. The van der Waals surface area contributed by atoms with Crippen molar-refractivity contribution in [1.29, 1.82) is 0 Å². The molecule has 3 heterocycles. The fraction of sp³-hybridized carbons (Fsp3) is 0.583. The Morgan fingerprint density at radius 1 is 0.972 bits per heavy atom. The van der Waals surface area contributed by atoms with Crippen LogP contribution in [0.25, 0.3) is 0 Å². The summed E-state index contributed by atoms with van der Waals surface area (Å²) in [6.07, 6.45) is -1.29. The number of likely N-dealkylation sites (tertiary alicyclic amines) is 2. The van der Waals surface area contributed by atoms with Gasteiger partial charge in [-0.05, 0) is 31.9 Å². The van der Waals surface area contributed by atoms with E-state index in [0.717, 1.165) is 23.4 Å². The standard InChI is InChI=1S/C24H33N5O7/c1-24(21(31)27-13-11-26(12-14-27)17-7-3-2-4-8-17)19(20(30)25-35)15-18(16-29(24)22(32)33)36-23(34)28-9-5-6-10-28/h2-4,7-8,18-19,35H,5-6,9-16H2,1H3,(H,25,30)(H,32,33)/t18-,19+,24-/m0/s1. The van der Waals surface area contributed by atoms with Crippen molar-refractivity contribution >= 4 is 29.7 Å². The van der Waals surface area contributed by atoms with E-state index >= 15 is 0 Å². The zero-order valence-electron chi connectivity index (χ0n) is 20.3. The van der Waals surface area contributed by atoms with Crippen molar-refractivity contribution in [2.75, 3.05) is 50.7 Å². The Hall–Kier alpha value is -3.54. The van der Waals surface area contributed by atoms with Crippen LogP contribution >= 0.6 is 0 Å². The third-order valence-electron chi connectivity index (χ3n) is 7.53. The fourth-order valence-electron chi connectivity index (χ4n) is 5.46. The van der Waals surface area contributed by atoms with E-state index in [0.29, 0.717) is 39.3 Å². The van der Waals surface area contributed by atoms with E-state index in [1.165, 1.54) is 11.8 Å². The summed E-state index contributed by atoms with van der Waals surface area (Å²) < 4.78 is 5.55. The van der Waals surface area contributed by atoms with Crippen molar-refractivity contribution in [1.82, 2.24) is 20.2 Å². The molecule has 196 valence electrons. The van der Waals surface area contributed by atoms with Gasteiger partial charge in [0.1, 0.15) is 11.6 Å². The molecule has 0 saturated carbocycles. The van der Waals surface area contributed by atoms with Gasteiger partial charge in [-0.3, -0.25) is 19.7 Å². The first-order valence-corrected chi connectivity index (χ1v) is 12.2. The minimum absolute atomic E-state index is 0.0953. The number of nitrogens with zero attached hydrogens (tertiary/aromatic N) is 4. The molecule has 36 heavy (non-hydrogen) atoms. The van der Waals surface area contributed by atoms with Crippen LogP contribution in [0.5, 0.6) is 0 Å². The summed E-state index contributed by atoms with van der Waals surface area (Å²) in [6.45, 7) is 4.05. The first-order chi connectivity index (χ1) is 17.3. The summed E-state index contributed by atoms with van der Waals surface area (Å²) in [5, 5.41) is 19.5. The summed E-state index contributed by atoms with van der Waals surface area (Å²) in [4.78, 5) is 57.6. The molecule has 3 aliphatic rings. The van der Waals surface area contributed by atoms with Crippen molar-refractivity contribution in [3.63, 3.8) is 0 Å². The number of nitrogens with one attached hydrogen (secondary N) is 1. The Morgan fingerprint density at radius 3 is 2.19 bits per heavy atom. The Labute approximate surface area is 209 Å². The van der Waals surface area contributed by atoms with Crippen LogP contribution < -0.4 is 10.4 Å². The molecule has 0 aliphatic carbocycles. The van der Waals surface area contributed by atoms with Crippen molar-refractivity contribution < 1.29 is 34.2 Å². The van der Waals surface area contributed by atoms with Crippen molar-refractivity contribution in [2.24, 2.45) is 5.92 Å². The number of carboxylic acid groups (broad SMARTS) is 1. The van der Waals surface area contributed by atoms with Gasteiger partial charge in [-0.25, -0.2) is 15.1 Å². The van der Waals surface area contributed by atoms with E-state index in [2.05, 4.69) is 4.90 Å². The summed E-state index contributed by atoms with van der Waals surface area (Å²) in [7, 11) is 0. The molecule has 0 unspecified atom stereocenters. The third-order valence-corrected chi connectivity index (χ3v) is 7.53. The van der Waals surface area contributed by atoms with Crippen LogP contribution in [-0.4, -0.2) is 106 Å². The van der Waals surface area contributed by atoms with Crippen LogP contribution in [-0.2, 0) is 14.3 Å². The maximum Gasteiger partial charge on any atom is 0.410 e. The second-order valence-corrected chi connectivity index (χ2v) is 9.62. The summed E-state index contributed by atoms with van der Waals surface area (Å²) in [5.74, 6) is -2.68. The number of hydrogen-bond acceptors (Lipinski definition) is 7. The quantitative estimate of drug-likeness (QED) is 0.411. The van der Waals surface area contributed by atoms with E-state index in [4.69, 9.17) is 4.74 Å². The van der Waals surface area contributed by atoms with Gasteiger partial charge in [0, 0.05) is 51.4 Å². The molecule has 3 aliphatic heterocycles. The number of benzene rings is 1. The van der Waals surface area contributed by atoms with Crippen LogP contribution in [0.4, 0.5) is 15.3 Å². The monoisotopic (exact) mass is 503 g/mol. The second kappa shape index (κ2) is 10.6. The lowest BCUT2D eigenvalue weighted by Gasteiger charge is -2.50. The highest BCUT2D eigenvalue weighted by Crippen LogP contribution is 2.37. The van der Waals surface area contributed by atoms with Gasteiger partial charge in [0.2, 0.25) is 11.8 Å². The maximum absolute atomic E-state index is 13.8. The largest absolute Gasteiger partial charge is 0.465 e. The predicted octanol–water partition coefficient (Wildman–Crippen LogP) is 1.20. The van der Waals surface area contributed by atoms with Gasteiger partial charge in [-0.1, -0.05) is 18.2 Å². The molecule has 1 aromatic rings. The lowest BCUT2D eigenvalue weighted by atomic mass is 9.75. The van der Waals surface area contributed by atoms with Gasteiger partial charge in [-0.15, -0.1) is 0 Å². The zero-order valence-corrected chi connectivity index (χ0v) is 20.3. The number of anilines is 1. The highest BCUT2D eigenvalue weighted by atomic mass is 16.6. The van der Waals surface area contributed by atoms with E-state index in [1.54, 1.807) is 10.4 Å². The molecule has 0 aromatic heterocycles. The average Bonchev–Trinajstić information content (AvgIpc) is 3.44. The van der Waals surface area contributed by atoms with Gasteiger partial charge in [0.15, 0.2) is 0 Å². The van der Waals surface area contributed by atoms with Gasteiger partial charge < -0.3 is 24.5 Å². The number of piperazine rings is 1. The van der Waals surface area contributed by atoms with E-state index in [1.807, 2.05) is 30.3 Å². The number of carbonyl (C=O) groups excluding carboxylic acids is 3. The van der Waals surface area contributed by atoms with Crippen LogP contribution in [0.15, 0.2) is 30.3 Å². The van der Waals surface area contributed by atoms with Crippen LogP contribution in [0.1, 0.15) is 26.2 Å². The Balaban J connectivity index is 1.53. The van der Waals surface area contributed by atoms with Gasteiger partial charge in [0.05, 0.1) is 12.5 Å². The van der Waals surface area contributed by atoms with Gasteiger partial charge >= 0.3 is 12.2 Å². The molecular formula is C24H33N5O7. The number of amides is 4. The number of ether oxygens (including phenoxy) is 1. The van der Waals surface area contributed by atoms with Crippen LogP contribution in [0.3, 0.4) is 0 Å². The molecule has 0 radical (unpaired) electrons. The SMILES string of the molecule is C[C@@]1(C(=O)N2CCN(c3ccccc3)CC2)[C@@H](C(=O)NO)C[C@H](OC(=O)N2CCCC2)CN1C(=O)O. The third kappa shape index (κ3) is 4.90. The Morgan fingerprint density at radius 2 is 1.61 bits per heavy atom.